The van der Waals surface area contributed by atoms with Crippen LogP contribution in [-0.4, -0.2) is 9.13 Å². The summed E-state index contributed by atoms with van der Waals surface area (Å²) in [4.78, 5) is 4.78. The number of fused-ring (bicyclic) bond motifs is 8. The number of para-hydroxylation sites is 5. The standard InChI is InChI=1S/C64H41FN4/c65-43-28-32-47(33-29-43)68-60-24-12-9-20-53(60)57-41-49(35-39-62(57)68)66(48-34-38-61-56(40-48)52-19-8-11-23-59(52)67(61)44-14-3-1-4-15-44)46-30-26-42(27-31-46)50-36-37-55-51-18-7-10-22-58(51)69(45-16-5-2-6-17-45)63-25-13-21-54(50)64(55)63/h1-41H. The third kappa shape index (κ3) is 6.07. The Bertz CT molecular complexity index is 4130. The Morgan fingerprint density at radius 3 is 1.45 bits per heavy atom. The lowest BCUT2D eigenvalue weighted by atomic mass is 9.87. The summed E-state index contributed by atoms with van der Waals surface area (Å²) in [6, 6.07) is 88.0. The van der Waals surface area contributed by atoms with Crippen molar-refractivity contribution in [2.75, 3.05) is 9.80 Å². The molecule has 0 bridgehead atoms. The number of halogens is 1. The summed E-state index contributed by atoms with van der Waals surface area (Å²) < 4.78 is 18.8. The Morgan fingerprint density at radius 1 is 0.304 bits per heavy atom. The molecule has 324 valence electrons. The predicted octanol–water partition coefficient (Wildman–Crippen LogP) is 17.8. The van der Waals surface area contributed by atoms with Gasteiger partial charge in [0.2, 0.25) is 0 Å². The van der Waals surface area contributed by atoms with Crippen LogP contribution in [0.4, 0.5) is 38.5 Å². The molecule has 0 N–H and O–H groups in total. The van der Waals surface area contributed by atoms with Crippen molar-refractivity contribution in [1.29, 1.82) is 0 Å². The van der Waals surface area contributed by atoms with Gasteiger partial charge in [0.1, 0.15) is 5.82 Å². The third-order valence-electron chi connectivity index (χ3n) is 14.1. The molecule has 0 atom stereocenters. The molecule has 11 aromatic carbocycles. The molecule has 3 heterocycles. The number of benzene rings is 11. The van der Waals surface area contributed by atoms with Gasteiger partial charge in [0, 0.05) is 66.6 Å². The lowest BCUT2D eigenvalue weighted by Gasteiger charge is -2.34. The summed E-state index contributed by atoms with van der Waals surface area (Å²) in [6.07, 6.45) is 0. The van der Waals surface area contributed by atoms with Gasteiger partial charge in [-0.2, -0.15) is 0 Å². The summed E-state index contributed by atoms with van der Waals surface area (Å²) in [5.74, 6) is -0.253. The highest BCUT2D eigenvalue weighted by Crippen LogP contribution is 2.52. The van der Waals surface area contributed by atoms with Crippen LogP contribution in [0.1, 0.15) is 0 Å². The topological polar surface area (TPSA) is 16.3 Å². The van der Waals surface area contributed by atoms with Gasteiger partial charge in [-0.05, 0) is 143 Å². The fraction of sp³-hybridized carbons (Fsp3) is 0. The van der Waals surface area contributed by atoms with Gasteiger partial charge in [-0.25, -0.2) is 4.39 Å². The van der Waals surface area contributed by atoms with E-state index in [1.807, 2.05) is 12.1 Å². The van der Waals surface area contributed by atoms with Crippen molar-refractivity contribution in [3.63, 3.8) is 0 Å². The van der Waals surface area contributed by atoms with E-state index >= 15 is 0 Å². The van der Waals surface area contributed by atoms with Gasteiger partial charge in [0.25, 0.3) is 0 Å². The van der Waals surface area contributed by atoms with Gasteiger partial charge in [-0.15, -0.1) is 0 Å². The van der Waals surface area contributed by atoms with E-state index in [2.05, 4.69) is 243 Å². The Morgan fingerprint density at radius 2 is 0.797 bits per heavy atom. The van der Waals surface area contributed by atoms with Crippen LogP contribution in [0.5, 0.6) is 0 Å². The fourth-order valence-corrected chi connectivity index (χ4v) is 11.1. The third-order valence-corrected chi connectivity index (χ3v) is 14.1. The molecule has 5 heteroatoms. The lowest BCUT2D eigenvalue weighted by molar-refractivity contribution is 0.627. The first kappa shape index (κ1) is 39.0. The molecule has 0 fully saturated rings. The van der Waals surface area contributed by atoms with E-state index in [-0.39, 0.29) is 5.82 Å². The number of hydrogen-bond acceptors (Lipinski definition) is 2. The molecule has 0 spiro atoms. The number of hydrogen-bond donors (Lipinski definition) is 0. The molecule has 1 aliphatic heterocycles. The average Bonchev–Trinajstić information content (AvgIpc) is 3.92. The highest BCUT2D eigenvalue weighted by Gasteiger charge is 2.27. The molecule has 0 saturated heterocycles. The molecule has 4 nitrogen and oxygen atoms in total. The fourth-order valence-electron chi connectivity index (χ4n) is 11.1. The van der Waals surface area contributed by atoms with Gasteiger partial charge in [0.15, 0.2) is 0 Å². The zero-order chi connectivity index (χ0) is 45.6. The Balaban J connectivity index is 0.952. The van der Waals surface area contributed by atoms with Crippen molar-refractivity contribution >= 4 is 88.5 Å². The number of anilines is 6. The molecule has 1 aliphatic rings. The summed E-state index contributed by atoms with van der Waals surface area (Å²) in [5.41, 5.74) is 17.9. The normalized spacial score (nSPS) is 12.1. The zero-order valence-electron chi connectivity index (χ0n) is 37.3. The van der Waals surface area contributed by atoms with E-state index in [4.69, 9.17) is 0 Å². The molecule has 0 amide bonds. The Kier molecular flexibility index (Phi) is 8.73. The predicted molar refractivity (Wildman–Crippen MR) is 286 cm³/mol. The van der Waals surface area contributed by atoms with E-state index in [0.717, 1.165) is 67.0 Å². The van der Waals surface area contributed by atoms with Crippen LogP contribution in [-0.2, 0) is 0 Å². The van der Waals surface area contributed by atoms with Crippen molar-refractivity contribution in [3.8, 4) is 33.6 Å². The summed E-state index contributed by atoms with van der Waals surface area (Å²) >= 11 is 0. The highest BCUT2D eigenvalue weighted by atomic mass is 19.1. The number of aromatic nitrogens is 2. The number of nitrogens with zero attached hydrogens (tertiary/aromatic N) is 4. The summed E-state index contributed by atoms with van der Waals surface area (Å²) in [5, 5.41) is 7.09. The van der Waals surface area contributed by atoms with Crippen molar-refractivity contribution in [3.05, 3.63) is 255 Å². The first-order chi connectivity index (χ1) is 34.2. The molecule has 69 heavy (non-hydrogen) atoms. The van der Waals surface area contributed by atoms with Crippen molar-refractivity contribution in [2.24, 2.45) is 0 Å². The molecular formula is C64H41FN4. The quantitative estimate of drug-likeness (QED) is 0.159. The Hall–Kier alpha value is -9.19. The van der Waals surface area contributed by atoms with E-state index in [9.17, 15) is 4.39 Å². The zero-order valence-corrected chi connectivity index (χ0v) is 37.3. The van der Waals surface area contributed by atoms with Crippen LogP contribution in [0, 0.1) is 5.82 Å². The smallest absolute Gasteiger partial charge is 0.123 e. The summed E-state index contributed by atoms with van der Waals surface area (Å²) in [7, 11) is 0. The van der Waals surface area contributed by atoms with Gasteiger partial charge in [0.05, 0.1) is 33.4 Å². The molecule has 14 rings (SSSR count). The van der Waals surface area contributed by atoms with Gasteiger partial charge in [-0.1, -0.05) is 127 Å². The minimum absolute atomic E-state index is 0.253. The highest BCUT2D eigenvalue weighted by molar-refractivity contribution is 6.18. The van der Waals surface area contributed by atoms with Crippen LogP contribution in [0.2, 0.25) is 0 Å². The second-order valence-corrected chi connectivity index (χ2v) is 17.9. The van der Waals surface area contributed by atoms with Crippen LogP contribution in [0.3, 0.4) is 0 Å². The molecule has 0 unspecified atom stereocenters. The first-order valence-electron chi connectivity index (χ1n) is 23.4. The van der Waals surface area contributed by atoms with Gasteiger partial charge >= 0.3 is 0 Å². The second kappa shape index (κ2) is 15.4. The molecule has 0 aliphatic carbocycles. The summed E-state index contributed by atoms with van der Waals surface area (Å²) in [6.45, 7) is 0. The van der Waals surface area contributed by atoms with Crippen molar-refractivity contribution in [1.82, 2.24) is 9.13 Å². The van der Waals surface area contributed by atoms with E-state index < -0.39 is 0 Å². The lowest BCUT2D eigenvalue weighted by Crippen LogP contribution is -2.14. The van der Waals surface area contributed by atoms with E-state index in [0.29, 0.717) is 0 Å². The maximum atomic E-state index is 14.2. The van der Waals surface area contributed by atoms with E-state index in [1.54, 1.807) is 0 Å². The molecular weight excluding hydrogens is 844 g/mol. The molecule has 0 saturated carbocycles. The largest absolute Gasteiger partial charge is 0.310 e. The van der Waals surface area contributed by atoms with E-state index in [1.165, 1.54) is 67.3 Å². The Labute approximate surface area is 398 Å². The monoisotopic (exact) mass is 884 g/mol. The average molecular weight is 885 g/mol. The minimum atomic E-state index is -0.253. The molecule has 2 aromatic heterocycles. The molecule has 0 radical (unpaired) electrons. The second-order valence-electron chi connectivity index (χ2n) is 17.9. The first-order valence-corrected chi connectivity index (χ1v) is 23.4. The number of rotatable bonds is 7. The minimum Gasteiger partial charge on any atom is -0.310 e. The van der Waals surface area contributed by atoms with Gasteiger partial charge in [-0.3, -0.25) is 0 Å². The SMILES string of the molecule is Fc1ccc(-n2c3ccccc3c3cc(N(c4ccc(-c5ccc6c7c(cccc57)N(c5ccccc5)c5ccccc5-6)cc4)c4ccc5c(c4)c4ccccc4n5-c4ccccc4)ccc32)cc1. The van der Waals surface area contributed by atoms with Crippen LogP contribution in [0.15, 0.2) is 249 Å². The van der Waals surface area contributed by atoms with Crippen LogP contribution < -0.4 is 9.80 Å². The van der Waals surface area contributed by atoms with Crippen molar-refractivity contribution < 1.29 is 4.39 Å². The van der Waals surface area contributed by atoms with Crippen LogP contribution in [0.25, 0.3) is 88.0 Å². The maximum absolute atomic E-state index is 14.2. The van der Waals surface area contributed by atoms with Crippen molar-refractivity contribution in [2.45, 2.75) is 0 Å². The van der Waals surface area contributed by atoms with Crippen LogP contribution >= 0.6 is 0 Å². The molecule has 13 aromatic rings. The maximum Gasteiger partial charge on any atom is 0.123 e. The van der Waals surface area contributed by atoms with Gasteiger partial charge < -0.3 is 18.9 Å².